The summed E-state index contributed by atoms with van der Waals surface area (Å²) in [5.41, 5.74) is 6.07. The molecule has 5 atom stereocenters. The monoisotopic (exact) mass is 288 g/mol. The normalized spacial score (nSPS) is 36.7. The van der Waals surface area contributed by atoms with E-state index in [2.05, 4.69) is 5.32 Å². The molecular formula is C17H21FN2O. The van der Waals surface area contributed by atoms with Crippen molar-refractivity contribution in [1.29, 1.82) is 0 Å². The maximum Gasteiger partial charge on any atom is 0.248 e. The molecule has 2 bridgehead atoms. The zero-order valence-electron chi connectivity index (χ0n) is 12.0. The zero-order valence-corrected chi connectivity index (χ0v) is 12.0. The molecular weight excluding hydrogens is 267 g/mol. The molecule has 1 amide bonds. The van der Waals surface area contributed by atoms with Crippen molar-refractivity contribution in [2.75, 3.05) is 5.32 Å². The molecule has 0 aliphatic heterocycles. The molecule has 0 heterocycles. The quantitative estimate of drug-likeness (QED) is 0.897. The lowest BCUT2D eigenvalue weighted by Crippen LogP contribution is -2.34. The zero-order chi connectivity index (χ0) is 14.6. The fraction of sp³-hybridized carbons (Fsp3) is 0.588. The number of amides is 1. The number of rotatable bonds is 3. The van der Waals surface area contributed by atoms with Crippen LogP contribution in [0.15, 0.2) is 18.2 Å². The fourth-order valence-electron chi connectivity index (χ4n) is 5.22. The SMILES string of the molecule is NC(=O)c1ccc(F)c(NC2CC3CC2C2CCCC32)c1. The molecule has 3 aliphatic carbocycles. The largest absolute Gasteiger partial charge is 0.380 e. The third-order valence-corrected chi connectivity index (χ3v) is 6.02. The first-order valence-electron chi connectivity index (χ1n) is 7.99. The van der Waals surface area contributed by atoms with Gasteiger partial charge in [-0.2, -0.15) is 0 Å². The summed E-state index contributed by atoms with van der Waals surface area (Å²) < 4.78 is 14.0. The number of nitrogens with two attached hydrogens (primary N) is 1. The maximum atomic E-state index is 14.0. The first-order valence-corrected chi connectivity index (χ1v) is 7.99. The first-order chi connectivity index (χ1) is 10.1. The summed E-state index contributed by atoms with van der Waals surface area (Å²) in [6, 6.07) is 4.67. The van der Waals surface area contributed by atoms with E-state index < -0.39 is 5.91 Å². The predicted octanol–water partition coefficient (Wildman–Crippen LogP) is 3.16. The number of halogens is 1. The van der Waals surface area contributed by atoms with Gasteiger partial charge in [-0.05, 0) is 67.6 Å². The highest BCUT2D eigenvalue weighted by molar-refractivity contribution is 5.93. The third kappa shape index (κ3) is 2.03. The molecule has 21 heavy (non-hydrogen) atoms. The van der Waals surface area contributed by atoms with Gasteiger partial charge in [-0.25, -0.2) is 4.39 Å². The molecule has 3 nitrogen and oxygen atoms in total. The van der Waals surface area contributed by atoms with Crippen molar-refractivity contribution >= 4 is 11.6 Å². The molecule has 4 heteroatoms. The number of primary amides is 1. The van der Waals surface area contributed by atoms with E-state index in [0.29, 0.717) is 23.2 Å². The molecule has 1 aromatic rings. The Balaban J connectivity index is 1.55. The lowest BCUT2D eigenvalue weighted by molar-refractivity contribution is 0.100. The number of hydrogen-bond acceptors (Lipinski definition) is 2. The van der Waals surface area contributed by atoms with Crippen molar-refractivity contribution in [3.63, 3.8) is 0 Å². The van der Waals surface area contributed by atoms with E-state index in [9.17, 15) is 9.18 Å². The van der Waals surface area contributed by atoms with E-state index in [-0.39, 0.29) is 5.82 Å². The van der Waals surface area contributed by atoms with E-state index in [1.807, 2.05) is 0 Å². The van der Waals surface area contributed by atoms with Crippen LogP contribution in [0.5, 0.6) is 0 Å². The molecule has 0 radical (unpaired) electrons. The summed E-state index contributed by atoms with van der Waals surface area (Å²) in [5, 5.41) is 3.37. The van der Waals surface area contributed by atoms with Gasteiger partial charge in [0.2, 0.25) is 5.91 Å². The molecule has 0 spiro atoms. The molecule has 3 saturated carbocycles. The van der Waals surface area contributed by atoms with Crippen LogP contribution in [0, 0.1) is 29.5 Å². The van der Waals surface area contributed by atoms with Crippen molar-refractivity contribution in [3.05, 3.63) is 29.6 Å². The standard InChI is InChI=1S/C17H21FN2O/c18-14-5-4-9(17(19)21)7-16(14)20-15-8-10-6-13(15)12-3-1-2-11(10)12/h4-5,7,10-13,15,20H,1-3,6,8H2,(H2,19,21). The Kier molecular flexibility index (Phi) is 2.95. The van der Waals surface area contributed by atoms with E-state index >= 15 is 0 Å². The van der Waals surface area contributed by atoms with Gasteiger partial charge in [-0.15, -0.1) is 0 Å². The molecule has 0 saturated heterocycles. The first kappa shape index (κ1) is 13.1. The Morgan fingerprint density at radius 3 is 2.81 bits per heavy atom. The predicted molar refractivity (Wildman–Crippen MR) is 79.4 cm³/mol. The molecule has 0 aromatic heterocycles. The topological polar surface area (TPSA) is 55.1 Å². The van der Waals surface area contributed by atoms with Crippen molar-refractivity contribution in [1.82, 2.24) is 0 Å². The van der Waals surface area contributed by atoms with Crippen LogP contribution in [0.4, 0.5) is 10.1 Å². The third-order valence-electron chi connectivity index (χ3n) is 6.02. The molecule has 1 aromatic carbocycles. The second-order valence-electron chi connectivity index (χ2n) is 6.96. The van der Waals surface area contributed by atoms with Crippen molar-refractivity contribution in [3.8, 4) is 0 Å². The number of hydrogen-bond donors (Lipinski definition) is 2. The number of nitrogens with one attached hydrogen (secondary N) is 1. The lowest BCUT2D eigenvalue weighted by atomic mass is 9.79. The smallest absolute Gasteiger partial charge is 0.248 e. The number of anilines is 1. The summed E-state index contributed by atoms with van der Waals surface area (Å²) in [6.45, 7) is 0. The molecule has 3 fully saturated rings. The van der Waals surface area contributed by atoms with Crippen molar-refractivity contribution in [2.45, 2.75) is 38.1 Å². The summed E-state index contributed by atoms with van der Waals surface area (Å²) in [7, 11) is 0. The maximum absolute atomic E-state index is 14.0. The van der Waals surface area contributed by atoms with Gasteiger partial charge in [0.15, 0.2) is 0 Å². The summed E-state index contributed by atoms with van der Waals surface area (Å²) in [5.74, 6) is 2.45. The Morgan fingerprint density at radius 1 is 1.19 bits per heavy atom. The number of carbonyl (C=O) groups excluding carboxylic acids is 1. The average Bonchev–Trinajstić information content (AvgIpc) is 3.12. The van der Waals surface area contributed by atoms with E-state index in [0.717, 1.165) is 24.2 Å². The summed E-state index contributed by atoms with van der Waals surface area (Å²) in [4.78, 5) is 11.3. The molecule has 3 aliphatic rings. The highest BCUT2D eigenvalue weighted by Crippen LogP contribution is 2.59. The Bertz CT molecular complexity index is 588. The highest BCUT2D eigenvalue weighted by Gasteiger charge is 2.53. The van der Waals surface area contributed by atoms with E-state index in [4.69, 9.17) is 5.73 Å². The van der Waals surface area contributed by atoms with Crippen LogP contribution in [-0.2, 0) is 0 Å². The Labute approximate surface area is 124 Å². The van der Waals surface area contributed by atoms with Gasteiger partial charge < -0.3 is 11.1 Å². The van der Waals surface area contributed by atoms with Crippen LogP contribution in [-0.4, -0.2) is 11.9 Å². The number of fused-ring (bicyclic) bond motifs is 5. The Morgan fingerprint density at radius 2 is 2.00 bits per heavy atom. The minimum atomic E-state index is -0.512. The molecule has 112 valence electrons. The summed E-state index contributed by atoms with van der Waals surface area (Å²) in [6.07, 6.45) is 6.54. The highest BCUT2D eigenvalue weighted by atomic mass is 19.1. The second-order valence-corrected chi connectivity index (χ2v) is 6.96. The second kappa shape index (κ2) is 4.72. The van der Waals surface area contributed by atoms with Gasteiger partial charge in [-0.1, -0.05) is 6.42 Å². The Hall–Kier alpha value is -1.58. The molecule has 4 rings (SSSR count). The minimum Gasteiger partial charge on any atom is -0.380 e. The molecule has 5 unspecified atom stereocenters. The molecule has 3 N–H and O–H groups in total. The van der Waals surface area contributed by atoms with Gasteiger partial charge in [0.05, 0.1) is 5.69 Å². The van der Waals surface area contributed by atoms with Crippen LogP contribution < -0.4 is 11.1 Å². The summed E-state index contributed by atoms with van der Waals surface area (Å²) >= 11 is 0. The van der Waals surface area contributed by atoms with Gasteiger partial charge >= 0.3 is 0 Å². The van der Waals surface area contributed by atoms with Crippen molar-refractivity contribution in [2.24, 2.45) is 29.4 Å². The number of benzene rings is 1. The van der Waals surface area contributed by atoms with Crippen LogP contribution in [0.25, 0.3) is 0 Å². The van der Waals surface area contributed by atoms with Crippen LogP contribution in [0.2, 0.25) is 0 Å². The van der Waals surface area contributed by atoms with Gasteiger partial charge in [0.1, 0.15) is 5.82 Å². The average molecular weight is 288 g/mol. The van der Waals surface area contributed by atoms with Gasteiger partial charge in [0, 0.05) is 11.6 Å². The van der Waals surface area contributed by atoms with Crippen LogP contribution in [0.3, 0.4) is 0 Å². The van der Waals surface area contributed by atoms with Gasteiger partial charge in [-0.3, -0.25) is 4.79 Å². The van der Waals surface area contributed by atoms with Crippen LogP contribution in [0.1, 0.15) is 42.5 Å². The van der Waals surface area contributed by atoms with Crippen LogP contribution >= 0.6 is 0 Å². The number of carbonyl (C=O) groups is 1. The lowest BCUT2D eigenvalue weighted by Gasteiger charge is -2.32. The van der Waals surface area contributed by atoms with E-state index in [1.165, 1.54) is 37.8 Å². The van der Waals surface area contributed by atoms with E-state index in [1.54, 1.807) is 6.07 Å². The van der Waals surface area contributed by atoms with Crippen molar-refractivity contribution < 1.29 is 9.18 Å². The fourth-order valence-corrected chi connectivity index (χ4v) is 5.22. The van der Waals surface area contributed by atoms with Gasteiger partial charge in [0.25, 0.3) is 0 Å². The minimum absolute atomic E-state index is 0.300.